The Labute approximate surface area is 185 Å². The normalized spacial score (nSPS) is 17.5. The Balaban J connectivity index is 1.16. The van der Waals surface area contributed by atoms with Crippen LogP contribution in [-0.4, -0.2) is 25.2 Å². The first kappa shape index (κ1) is 19.6. The molecular formula is C24H22ClN5O. The van der Waals surface area contributed by atoms with Crippen molar-refractivity contribution < 1.29 is 4.79 Å². The molecule has 0 bridgehead atoms. The molecule has 2 aromatic carbocycles. The summed E-state index contributed by atoms with van der Waals surface area (Å²) >= 11 is 6.07. The van der Waals surface area contributed by atoms with Crippen LogP contribution in [0.4, 0.5) is 5.82 Å². The minimum Gasteiger partial charge on any atom is -0.331 e. The first-order valence-electron chi connectivity index (χ1n) is 10.3. The highest BCUT2D eigenvalue weighted by atomic mass is 35.5. The third-order valence-corrected chi connectivity index (χ3v) is 5.82. The van der Waals surface area contributed by atoms with Gasteiger partial charge in [0.25, 0.3) is 0 Å². The molecule has 7 heteroatoms. The zero-order valence-corrected chi connectivity index (χ0v) is 17.6. The van der Waals surface area contributed by atoms with E-state index in [1.54, 1.807) is 12.5 Å². The molecule has 1 amide bonds. The number of rotatable bonds is 7. The molecule has 1 aliphatic carbocycles. The van der Waals surface area contributed by atoms with Gasteiger partial charge < -0.3 is 9.88 Å². The third kappa shape index (κ3) is 4.70. The molecule has 4 aromatic rings. The predicted molar refractivity (Wildman–Crippen MR) is 120 cm³/mol. The van der Waals surface area contributed by atoms with Gasteiger partial charge in [-0.05, 0) is 47.2 Å². The van der Waals surface area contributed by atoms with Crippen molar-refractivity contribution in [3.8, 4) is 0 Å². The van der Waals surface area contributed by atoms with Crippen LogP contribution < -0.4 is 5.32 Å². The zero-order chi connectivity index (χ0) is 21.2. The monoisotopic (exact) mass is 431 g/mol. The van der Waals surface area contributed by atoms with Gasteiger partial charge in [-0.1, -0.05) is 48.0 Å². The average molecular weight is 432 g/mol. The number of carbonyl (C=O) groups excluding carboxylic acids is 1. The Bertz CT molecular complexity index is 1180. The number of nitrogens with one attached hydrogen (secondary N) is 1. The van der Waals surface area contributed by atoms with Gasteiger partial charge in [0.05, 0.1) is 12.9 Å². The Hall–Kier alpha value is -3.38. The molecule has 2 heterocycles. The molecule has 31 heavy (non-hydrogen) atoms. The van der Waals surface area contributed by atoms with Gasteiger partial charge in [0.1, 0.15) is 0 Å². The summed E-state index contributed by atoms with van der Waals surface area (Å²) in [6.45, 7) is 1.45. The van der Waals surface area contributed by atoms with Crippen molar-refractivity contribution in [2.75, 3.05) is 5.32 Å². The second kappa shape index (κ2) is 8.40. The summed E-state index contributed by atoms with van der Waals surface area (Å²) < 4.78 is 3.87. The second-order valence-electron chi connectivity index (χ2n) is 7.94. The van der Waals surface area contributed by atoms with Crippen LogP contribution in [0.5, 0.6) is 0 Å². The van der Waals surface area contributed by atoms with E-state index >= 15 is 0 Å². The first-order valence-corrected chi connectivity index (χ1v) is 10.7. The number of hydrogen-bond donors (Lipinski definition) is 1. The number of hydrogen-bond acceptors (Lipinski definition) is 3. The van der Waals surface area contributed by atoms with E-state index in [1.165, 1.54) is 11.1 Å². The van der Waals surface area contributed by atoms with Crippen LogP contribution >= 0.6 is 11.6 Å². The number of aromatic nitrogens is 4. The number of halogens is 1. The van der Waals surface area contributed by atoms with Crippen molar-refractivity contribution in [2.24, 2.45) is 5.92 Å². The summed E-state index contributed by atoms with van der Waals surface area (Å²) in [6.07, 6.45) is 8.19. The van der Waals surface area contributed by atoms with Crippen molar-refractivity contribution >= 4 is 23.3 Å². The average Bonchev–Trinajstić information content (AvgIpc) is 3.19. The maximum Gasteiger partial charge on any atom is 0.229 e. The first-order chi connectivity index (χ1) is 15.1. The van der Waals surface area contributed by atoms with Crippen molar-refractivity contribution in [1.82, 2.24) is 19.3 Å². The van der Waals surface area contributed by atoms with E-state index in [2.05, 4.69) is 39.7 Å². The lowest BCUT2D eigenvalue weighted by atomic mass is 10.1. The van der Waals surface area contributed by atoms with E-state index < -0.39 is 0 Å². The van der Waals surface area contributed by atoms with Crippen LogP contribution in [0.1, 0.15) is 29.0 Å². The van der Waals surface area contributed by atoms with E-state index in [9.17, 15) is 4.79 Å². The van der Waals surface area contributed by atoms with Crippen LogP contribution in [0.2, 0.25) is 5.02 Å². The van der Waals surface area contributed by atoms with Crippen LogP contribution in [0.3, 0.4) is 0 Å². The van der Waals surface area contributed by atoms with Crippen LogP contribution in [-0.2, 0) is 17.9 Å². The third-order valence-electron chi connectivity index (χ3n) is 5.58. The van der Waals surface area contributed by atoms with Gasteiger partial charge in [-0.15, -0.1) is 0 Å². The van der Waals surface area contributed by atoms with E-state index in [0.29, 0.717) is 17.4 Å². The highest BCUT2D eigenvalue weighted by Crippen LogP contribution is 2.48. The van der Waals surface area contributed by atoms with E-state index in [4.69, 9.17) is 11.6 Å². The molecule has 1 aliphatic rings. The zero-order valence-electron chi connectivity index (χ0n) is 16.9. The quantitative estimate of drug-likeness (QED) is 0.466. The van der Waals surface area contributed by atoms with Crippen molar-refractivity contribution in [3.63, 3.8) is 0 Å². The van der Waals surface area contributed by atoms with E-state index in [0.717, 1.165) is 18.5 Å². The molecule has 0 spiro atoms. The topological polar surface area (TPSA) is 64.7 Å². The molecule has 0 saturated heterocycles. The summed E-state index contributed by atoms with van der Waals surface area (Å²) in [5.41, 5.74) is 3.49. The predicted octanol–water partition coefficient (Wildman–Crippen LogP) is 4.57. The molecule has 156 valence electrons. The van der Waals surface area contributed by atoms with E-state index in [1.807, 2.05) is 52.0 Å². The van der Waals surface area contributed by atoms with Crippen molar-refractivity contribution in [1.29, 1.82) is 0 Å². The lowest BCUT2D eigenvalue weighted by Gasteiger charge is -2.06. The SMILES string of the molecule is O=C(Nc1cn(Cc2ccc(Cn3cccn3)cc2)cn1)[C@@H]1C[C@H]1c1cccc(Cl)c1. The van der Waals surface area contributed by atoms with Gasteiger partial charge in [-0.3, -0.25) is 9.48 Å². The summed E-state index contributed by atoms with van der Waals surface area (Å²) in [7, 11) is 0. The fraction of sp³-hybridized carbons (Fsp3) is 0.208. The van der Waals surface area contributed by atoms with Gasteiger partial charge in [0, 0.05) is 36.1 Å². The second-order valence-corrected chi connectivity index (χ2v) is 8.38. The number of anilines is 1. The molecular weight excluding hydrogens is 410 g/mol. The maximum atomic E-state index is 12.6. The Morgan fingerprint density at radius 1 is 1.10 bits per heavy atom. The minimum absolute atomic E-state index is 0.0122. The van der Waals surface area contributed by atoms with Crippen molar-refractivity contribution in [2.45, 2.75) is 25.4 Å². The van der Waals surface area contributed by atoms with E-state index in [-0.39, 0.29) is 17.7 Å². The van der Waals surface area contributed by atoms with Crippen LogP contribution in [0.25, 0.3) is 0 Å². The number of imidazole rings is 1. The van der Waals surface area contributed by atoms with Gasteiger partial charge in [0.15, 0.2) is 5.82 Å². The highest BCUT2D eigenvalue weighted by molar-refractivity contribution is 6.30. The van der Waals surface area contributed by atoms with Gasteiger partial charge in [-0.2, -0.15) is 5.10 Å². The molecule has 0 unspecified atom stereocenters. The standard InChI is InChI=1S/C24H22ClN5O/c25-20-4-1-3-19(11-20)21-12-22(21)24(31)28-23-15-29(16-26-23)13-17-5-7-18(8-6-17)14-30-10-2-9-27-30/h1-11,15-16,21-22H,12-14H2,(H,28,31)/t21-,22+/m0/s1. The Morgan fingerprint density at radius 3 is 2.65 bits per heavy atom. The van der Waals surface area contributed by atoms with Gasteiger partial charge >= 0.3 is 0 Å². The molecule has 2 atom stereocenters. The molecule has 1 saturated carbocycles. The largest absolute Gasteiger partial charge is 0.331 e. The molecule has 1 fully saturated rings. The minimum atomic E-state index is -0.0223. The molecule has 2 aromatic heterocycles. The summed E-state index contributed by atoms with van der Waals surface area (Å²) in [5.74, 6) is 0.808. The maximum absolute atomic E-state index is 12.6. The lowest BCUT2D eigenvalue weighted by molar-refractivity contribution is -0.117. The van der Waals surface area contributed by atoms with Crippen molar-refractivity contribution in [3.05, 3.63) is 101 Å². The number of carbonyl (C=O) groups is 1. The highest BCUT2D eigenvalue weighted by Gasteiger charge is 2.44. The summed E-state index contributed by atoms with van der Waals surface area (Å²) in [6, 6.07) is 18.1. The fourth-order valence-corrected chi connectivity index (χ4v) is 4.06. The Kier molecular flexibility index (Phi) is 5.30. The number of nitrogens with zero attached hydrogens (tertiary/aromatic N) is 4. The van der Waals surface area contributed by atoms with Crippen LogP contribution in [0, 0.1) is 5.92 Å². The van der Waals surface area contributed by atoms with Gasteiger partial charge in [0.2, 0.25) is 5.91 Å². The number of amides is 1. The number of benzene rings is 2. The summed E-state index contributed by atoms with van der Waals surface area (Å²) in [5, 5.41) is 7.88. The smallest absolute Gasteiger partial charge is 0.229 e. The summed E-state index contributed by atoms with van der Waals surface area (Å²) in [4.78, 5) is 16.9. The van der Waals surface area contributed by atoms with Gasteiger partial charge in [-0.25, -0.2) is 4.98 Å². The molecule has 1 N–H and O–H groups in total. The Morgan fingerprint density at radius 2 is 1.90 bits per heavy atom. The van der Waals surface area contributed by atoms with Crippen LogP contribution in [0.15, 0.2) is 79.5 Å². The lowest BCUT2D eigenvalue weighted by Crippen LogP contribution is -2.14. The molecule has 0 radical (unpaired) electrons. The molecule has 5 rings (SSSR count). The fourth-order valence-electron chi connectivity index (χ4n) is 3.86. The molecule has 0 aliphatic heterocycles. The molecule has 6 nitrogen and oxygen atoms in total.